The molecule has 2 saturated heterocycles. The summed E-state index contributed by atoms with van der Waals surface area (Å²) >= 11 is 0. The molecule has 3 rings (SSSR count). The fraction of sp³-hybridized carbons (Fsp3) is 0.857. The molecule has 100 valence electrons. The van der Waals surface area contributed by atoms with E-state index in [1.54, 1.807) is 0 Å². The summed E-state index contributed by atoms with van der Waals surface area (Å²) < 4.78 is 0. The van der Waals surface area contributed by atoms with Crippen molar-refractivity contribution in [2.45, 2.75) is 51.4 Å². The molecular formula is C14H22N2O2. The number of hydrogen-bond donors (Lipinski definition) is 0. The molecule has 0 bridgehead atoms. The van der Waals surface area contributed by atoms with Crippen molar-refractivity contribution in [3.8, 4) is 0 Å². The number of hydrogen-bond acceptors (Lipinski definition) is 3. The number of carbonyl (C=O) groups is 2. The van der Waals surface area contributed by atoms with Crippen LogP contribution in [0.2, 0.25) is 0 Å². The van der Waals surface area contributed by atoms with E-state index >= 15 is 0 Å². The lowest BCUT2D eigenvalue weighted by Crippen LogP contribution is -2.44. The molecule has 4 heteroatoms. The first-order valence-corrected chi connectivity index (χ1v) is 7.28. The van der Waals surface area contributed by atoms with Crippen LogP contribution < -0.4 is 0 Å². The van der Waals surface area contributed by atoms with Crippen LogP contribution in [0.25, 0.3) is 0 Å². The van der Waals surface area contributed by atoms with E-state index in [1.165, 1.54) is 24.2 Å². The fourth-order valence-electron chi connectivity index (χ4n) is 3.75. The number of likely N-dealkylation sites (tertiary alicyclic amines) is 2. The van der Waals surface area contributed by atoms with Crippen LogP contribution >= 0.6 is 0 Å². The maximum atomic E-state index is 12.5. The fourth-order valence-corrected chi connectivity index (χ4v) is 3.75. The molecule has 0 radical (unpaired) electrons. The van der Waals surface area contributed by atoms with Crippen molar-refractivity contribution in [1.29, 1.82) is 0 Å². The first-order chi connectivity index (χ1) is 8.71. The molecule has 0 aromatic heterocycles. The van der Waals surface area contributed by atoms with Gasteiger partial charge in [-0.25, -0.2) is 0 Å². The van der Waals surface area contributed by atoms with Crippen LogP contribution in [-0.2, 0) is 9.59 Å². The Bertz CT molecular complexity index is 355. The number of rotatable bonds is 2. The lowest BCUT2D eigenvalue weighted by atomic mass is 9.85. The van der Waals surface area contributed by atoms with Crippen LogP contribution in [0.15, 0.2) is 0 Å². The highest BCUT2D eigenvalue weighted by atomic mass is 16.2. The van der Waals surface area contributed by atoms with E-state index in [-0.39, 0.29) is 17.2 Å². The summed E-state index contributed by atoms with van der Waals surface area (Å²) in [6.07, 6.45) is 8.21. The number of imide groups is 1. The van der Waals surface area contributed by atoms with Crippen LogP contribution in [-0.4, -0.2) is 41.4 Å². The smallest absolute Gasteiger partial charge is 0.237 e. The molecule has 2 amide bonds. The molecule has 3 aliphatic rings. The van der Waals surface area contributed by atoms with E-state index in [0.717, 1.165) is 38.8 Å². The Morgan fingerprint density at radius 3 is 2.28 bits per heavy atom. The van der Waals surface area contributed by atoms with Crippen LogP contribution in [0.1, 0.15) is 51.4 Å². The van der Waals surface area contributed by atoms with Gasteiger partial charge in [-0.05, 0) is 38.8 Å². The minimum Gasteiger partial charge on any atom is -0.286 e. The Hall–Kier alpha value is -0.900. The molecule has 1 spiro atoms. The van der Waals surface area contributed by atoms with Crippen molar-refractivity contribution in [3.63, 3.8) is 0 Å². The minimum absolute atomic E-state index is 0.0625. The summed E-state index contributed by atoms with van der Waals surface area (Å²) in [4.78, 5) is 28.4. The van der Waals surface area contributed by atoms with Gasteiger partial charge in [0.2, 0.25) is 11.8 Å². The Morgan fingerprint density at radius 2 is 1.61 bits per heavy atom. The summed E-state index contributed by atoms with van der Waals surface area (Å²) in [7, 11) is 0. The van der Waals surface area contributed by atoms with Crippen LogP contribution in [0, 0.1) is 5.41 Å². The van der Waals surface area contributed by atoms with E-state index < -0.39 is 0 Å². The van der Waals surface area contributed by atoms with Crippen LogP contribution in [0.3, 0.4) is 0 Å². The summed E-state index contributed by atoms with van der Waals surface area (Å²) in [5, 5.41) is 0. The predicted molar refractivity (Wildman–Crippen MR) is 67.7 cm³/mol. The van der Waals surface area contributed by atoms with Gasteiger partial charge in [0.1, 0.15) is 0 Å². The molecular weight excluding hydrogens is 228 g/mol. The van der Waals surface area contributed by atoms with Gasteiger partial charge in [0, 0.05) is 6.42 Å². The van der Waals surface area contributed by atoms with Crippen LogP contribution in [0.4, 0.5) is 0 Å². The highest BCUT2D eigenvalue weighted by Gasteiger charge is 2.52. The minimum atomic E-state index is -0.299. The molecule has 4 nitrogen and oxygen atoms in total. The zero-order valence-electron chi connectivity index (χ0n) is 11.0. The number of amides is 2. The molecule has 2 aliphatic heterocycles. The standard InChI is InChI=1S/C14H22N2O2/c17-12-10-14(6-2-3-7-14)13(18)16(12)11-15-8-4-1-5-9-15/h1-11H2. The second kappa shape index (κ2) is 4.65. The van der Waals surface area contributed by atoms with Gasteiger partial charge >= 0.3 is 0 Å². The SMILES string of the molecule is O=C1CC2(CCCC2)C(=O)N1CN1CCCCC1. The van der Waals surface area contributed by atoms with Crippen molar-refractivity contribution in [2.24, 2.45) is 5.41 Å². The molecule has 18 heavy (non-hydrogen) atoms. The van der Waals surface area contributed by atoms with E-state index in [0.29, 0.717) is 13.1 Å². The summed E-state index contributed by atoms with van der Waals surface area (Å²) in [6.45, 7) is 2.60. The second-order valence-corrected chi connectivity index (χ2v) is 6.11. The Morgan fingerprint density at radius 1 is 0.944 bits per heavy atom. The first-order valence-electron chi connectivity index (χ1n) is 7.28. The molecule has 0 aromatic carbocycles. The van der Waals surface area contributed by atoms with Gasteiger partial charge in [-0.15, -0.1) is 0 Å². The quantitative estimate of drug-likeness (QED) is 0.701. The van der Waals surface area contributed by atoms with E-state index in [1.807, 2.05) is 0 Å². The van der Waals surface area contributed by atoms with Crippen LogP contribution in [0.5, 0.6) is 0 Å². The molecule has 1 saturated carbocycles. The number of nitrogens with zero attached hydrogens (tertiary/aromatic N) is 2. The molecule has 0 aromatic rings. The maximum absolute atomic E-state index is 12.5. The highest BCUT2D eigenvalue weighted by molar-refractivity contribution is 6.06. The maximum Gasteiger partial charge on any atom is 0.237 e. The molecule has 0 atom stereocenters. The molecule has 1 aliphatic carbocycles. The third kappa shape index (κ3) is 1.96. The van der Waals surface area contributed by atoms with Gasteiger partial charge in [-0.1, -0.05) is 19.3 Å². The topological polar surface area (TPSA) is 40.6 Å². The number of carbonyl (C=O) groups excluding carboxylic acids is 2. The third-order valence-corrected chi connectivity index (χ3v) is 4.84. The largest absolute Gasteiger partial charge is 0.286 e. The van der Waals surface area contributed by atoms with Gasteiger partial charge < -0.3 is 0 Å². The Kier molecular flexibility index (Phi) is 3.14. The van der Waals surface area contributed by atoms with Gasteiger partial charge in [0.25, 0.3) is 0 Å². The summed E-state index contributed by atoms with van der Waals surface area (Å²) in [5.74, 6) is 0.183. The van der Waals surface area contributed by atoms with Crippen molar-refractivity contribution in [3.05, 3.63) is 0 Å². The highest BCUT2D eigenvalue weighted by Crippen LogP contribution is 2.46. The van der Waals surface area contributed by atoms with Gasteiger partial charge in [-0.3, -0.25) is 19.4 Å². The van der Waals surface area contributed by atoms with E-state index in [2.05, 4.69) is 4.90 Å². The first kappa shape index (κ1) is 12.2. The second-order valence-electron chi connectivity index (χ2n) is 6.11. The lowest BCUT2D eigenvalue weighted by Gasteiger charge is -2.30. The molecule has 0 unspecified atom stereocenters. The molecule has 0 N–H and O–H groups in total. The predicted octanol–water partition coefficient (Wildman–Crippen LogP) is 1.75. The normalized spacial score (nSPS) is 28.6. The van der Waals surface area contributed by atoms with Gasteiger partial charge in [0.15, 0.2) is 0 Å². The van der Waals surface area contributed by atoms with Crippen molar-refractivity contribution in [2.75, 3.05) is 19.8 Å². The summed E-state index contributed by atoms with van der Waals surface area (Å²) in [6, 6.07) is 0. The molecule has 2 heterocycles. The van der Waals surface area contributed by atoms with E-state index in [4.69, 9.17) is 0 Å². The average Bonchev–Trinajstić information content (AvgIpc) is 2.93. The monoisotopic (exact) mass is 250 g/mol. The lowest BCUT2D eigenvalue weighted by molar-refractivity contribution is -0.144. The Balaban J connectivity index is 1.68. The Labute approximate surface area is 108 Å². The number of piperidine rings is 1. The van der Waals surface area contributed by atoms with Gasteiger partial charge in [0.05, 0.1) is 12.1 Å². The zero-order valence-corrected chi connectivity index (χ0v) is 11.0. The third-order valence-electron chi connectivity index (χ3n) is 4.84. The molecule has 3 fully saturated rings. The zero-order chi connectivity index (χ0) is 12.6. The average molecular weight is 250 g/mol. The summed E-state index contributed by atoms with van der Waals surface area (Å²) in [5.41, 5.74) is -0.299. The van der Waals surface area contributed by atoms with Gasteiger partial charge in [-0.2, -0.15) is 0 Å². The van der Waals surface area contributed by atoms with Crippen molar-refractivity contribution >= 4 is 11.8 Å². The van der Waals surface area contributed by atoms with Crippen molar-refractivity contribution in [1.82, 2.24) is 9.80 Å². The van der Waals surface area contributed by atoms with E-state index in [9.17, 15) is 9.59 Å². The van der Waals surface area contributed by atoms with Crippen molar-refractivity contribution < 1.29 is 9.59 Å².